The van der Waals surface area contributed by atoms with Gasteiger partial charge in [0, 0.05) is 6.42 Å². The molecule has 2 aliphatic rings. The molecule has 7 heteroatoms. The highest BCUT2D eigenvalue weighted by Crippen LogP contribution is 2.52. The summed E-state index contributed by atoms with van der Waals surface area (Å²) in [5.41, 5.74) is 3.79. The van der Waals surface area contributed by atoms with Crippen molar-refractivity contribution in [1.29, 1.82) is 0 Å². The van der Waals surface area contributed by atoms with E-state index >= 15 is 0 Å². The zero-order valence-corrected chi connectivity index (χ0v) is 17.7. The topological polar surface area (TPSA) is 72.8 Å². The van der Waals surface area contributed by atoms with Gasteiger partial charge in [-0.05, 0) is 71.8 Å². The predicted octanol–water partition coefficient (Wildman–Crippen LogP) is 5.53. The Balaban J connectivity index is 1.38. The first kappa shape index (κ1) is 21.1. The maximum atomic E-state index is 13.4. The summed E-state index contributed by atoms with van der Waals surface area (Å²) in [6.07, 6.45) is -2.19. The van der Waals surface area contributed by atoms with E-state index in [0.29, 0.717) is 18.4 Å². The number of carbonyl (C=O) groups is 2. The smallest absolute Gasteiger partial charge is 0.478 e. The quantitative estimate of drug-likeness (QED) is 0.535. The highest BCUT2D eigenvalue weighted by atomic mass is 19.3. The summed E-state index contributed by atoms with van der Waals surface area (Å²) in [5, 5.41) is 9.11. The first-order valence-electron chi connectivity index (χ1n) is 10.5. The van der Waals surface area contributed by atoms with Crippen molar-refractivity contribution in [2.45, 2.75) is 37.9 Å². The van der Waals surface area contributed by atoms with Gasteiger partial charge in [0.25, 0.3) is 0 Å². The van der Waals surface area contributed by atoms with Crippen LogP contribution in [0.3, 0.4) is 0 Å². The second-order valence-corrected chi connectivity index (χ2v) is 8.54. The van der Waals surface area contributed by atoms with Crippen LogP contribution in [0.2, 0.25) is 0 Å². The number of Topliss-reactive ketones (excluding diaryl/α,β-unsaturated/α-hetero) is 1. The SMILES string of the molecule is Cc1ccc(CC(=O)C2(c3ccc4c(c3)OC(F)(F)O4)CC2)cc1-c1ccc(C(=O)O)cc1. The Morgan fingerprint density at radius 3 is 2.30 bits per heavy atom. The molecule has 0 atom stereocenters. The fraction of sp³-hybridized carbons (Fsp3) is 0.231. The monoisotopic (exact) mass is 450 g/mol. The van der Waals surface area contributed by atoms with Crippen LogP contribution in [0.4, 0.5) is 8.78 Å². The fourth-order valence-electron chi connectivity index (χ4n) is 4.34. The molecule has 1 fully saturated rings. The van der Waals surface area contributed by atoms with Gasteiger partial charge in [0.1, 0.15) is 5.78 Å². The second-order valence-electron chi connectivity index (χ2n) is 8.54. The summed E-state index contributed by atoms with van der Waals surface area (Å²) >= 11 is 0. The minimum absolute atomic E-state index is 0.0177. The third-order valence-electron chi connectivity index (χ3n) is 6.35. The molecule has 1 aliphatic heterocycles. The number of halogens is 2. The van der Waals surface area contributed by atoms with Gasteiger partial charge in [-0.3, -0.25) is 4.79 Å². The maximum absolute atomic E-state index is 13.4. The number of ether oxygens (including phenoxy) is 2. The molecule has 3 aromatic rings. The molecule has 5 nitrogen and oxygen atoms in total. The number of ketones is 1. The van der Waals surface area contributed by atoms with Crippen molar-refractivity contribution in [3.63, 3.8) is 0 Å². The third-order valence-corrected chi connectivity index (χ3v) is 6.35. The number of hydrogen-bond donors (Lipinski definition) is 1. The van der Waals surface area contributed by atoms with Crippen molar-refractivity contribution < 1.29 is 33.0 Å². The standard InChI is InChI=1S/C26H20F2O5/c1-15-2-3-16(12-20(15)17-4-6-18(7-5-17)24(30)31)13-23(29)25(10-11-25)19-8-9-21-22(14-19)33-26(27,28)32-21/h2-9,12,14H,10-11,13H2,1H3,(H,30,31). The van der Waals surface area contributed by atoms with Crippen LogP contribution in [0.15, 0.2) is 60.7 Å². The summed E-state index contributed by atoms with van der Waals surface area (Å²) in [6.45, 7) is 1.96. The molecule has 5 rings (SSSR count). The van der Waals surface area contributed by atoms with Crippen LogP contribution in [-0.4, -0.2) is 23.2 Å². The summed E-state index contributed by atoms with van der Waals surface area (Å²) < 4.78 is 35.7. The van der Waals surface area contributed by atoms with Gasteiger partial charge in [-0.2, -0.15) is 0 Å². The van der Waals surface area contributed by atoms with Gasteiger partial charge in [0.05, 0.1) is 11.0 Å². The van der Waals surface area contributed by atoms with E-state index in [1.165, 1.54) is 12.1 Å². The lowest BCUT2D eigenvalue weighted by molar-refractivity contribution is -0.286. The molecule has 3 aromatic carbocycles. The largest absolute Gasteiger partial charge is 0.586 e. The van der Waals surface area contributed by atoms with E-state index in [0.717, 1.165) is 22.3 Å². The summed E-state index contributed by atoms with van der Waals surface area (Å²) in [6, 6.07) is 16.9. The molecule has 1 heterocycles. The van der Waals surface area contributed by atoms with E-state index in [-0.39, 0.29) is 29.3 Å². The normalized spacial score (nSPS) is 16.9. The molecule has 0 amide bonds. The second kappa shape index (κ2) is 7.40. The number of rotatable bonds is 6. The van der Waals surface area contributed by atoms with Crippen molar-refractivity contribution in [3.8, 4) is 22.6 Å². The van der Waals surface area contributed by atoms with Crippen LogP contribution in [0, 0.1) is 6.92 Å². The molecule has 33 heavy (non-hydrogen) atoms. The maximum Gasteiger partial charge on any atom is 0.586 e. The molecular weight excluding hydrogens is 430 g/mol. The Kier molecular flexibility index (Phi) is 4.74. The Morgan fingerprint density at radius 2 is 1.64 bits per heavy atom. The molecule has 168 valence electrons. The number of fused-ring (bicyclic) bond motifs is 1. The average Bonchev–Trinajstić information content (AvgIpc) is 3.52. The summed E-state index contributed by atoms with van der Waals surface area (Å²) in [5.74, 6) is -1.06. The van der Waals surface area contributed by atoms with E-state index in [9.17, 15) is 18.4 Å². The molecular formula is C26H20F2O5. The van der Waals surface area contributed by atoms with Gasteiger partial charge in [-0.25, -0.2) is 4.79 Å². The highest BCUT2D eigenvalue weighted by Gasteiger charge is 2.52. The fourth-order valence-corrected chi connectivity index (χ4v) is 4.34. The van der Waals surface area contributed by atoms with Crippen molar-refractivity contribution in [2.75, 3.05) is 0 Å². The molecule has 0 bridgehead atoms. The van der Waals surface area contributed by atoms with Crippen molar-refractivity contribution in [1.82, 2.24) is 0 Å². The molecule has 0 spiro atoms. The number of carbonyl (C=O) groups excluding carboxylic acids is 1. The Bertz CT molecular complexity index is 1280. The van der Waals surface area contributed by atoms with Gasteiger partial charge >= 0.3 is 12.3 Å². The van der Waals surface area contributed by atoms with Crippen LogP contribution in [0.1, 0.15) is 39.9 Å². The highest BCUT2D eigenvalue weighted by molar-refractivity contribution is 5.95. The molecule has 1 aliphatic carbocycles. The van der Waals surface area contributed by atoms with Crippen LogP contribution >= 0.6 is 0 Å². The van der Waals surface area contributed by atoms with Crippen molar-refractivity contribution in [3.05, 3.63) is 82.9 Å². The Labute approximate surface area is 188 Å². The summed E-state index contributed by atoms with van der Waals surface area (Å²) in [4.78, 5) is 24.4. The van der Waals surface area contributed by atoms with E-state index in [2.05, 4.69) is 9.47 Å². The number of carboxylic acids is 1. The van der Waals surface area contributed by atoms with E-state index in [1.54, 1.807) is 30.3 Å². The number of aromatic carboxylic acids is 1. The lowest BCUT2D eigenvalue weighted by Crippen LogP contribution is -2.26. The summed E-state index contributed by atoms with van der Waals surface area (Å²) in [7, 11) is 0. The lowest BCUT2D eigenvalue weighted by atomic mass is 9.87. The first-order valence-corrected chi connectivity index (χ1v) is 10.5. The van der Waals surface area contributed by atoms with Crippen LogP contribution in [-0.2, 0) is 16.6 Å². The van der Waals surface area contributed by atoms with Gasteiger partial charge in [-0.15, -0.1) is 8.78 Å². The number of benzene rings is 3. The minimum Gasteiger partial charge on any atom is -0.478 e. The Morgan fingerprint density at radius 1 is 0.939 bits per heavy atom. The first-order chi connectivity index (χ1) is 15.7. The lowest BCUT2D eigenvalue weighted by Gasteiger charge is -2.16. The molecule has 0 radical (unpaired) electrons. The average molecular weight is 450 g/mol. The van der Waals surface area contributed by atoms with E-state index < -0.39 is 17.7 Å². The van der Waals surface area contributed by atoms with Crippen LogP contribution in [0.5, 0.6) is 11.5 Å². The number of alkyl halides is 2. The number of aryl methyl sites for hydroxylation is 1. The zero-order chi connectivity index (χ0) is 23.4. The number of hydrogen-bond acceptors (Lipinski definition) is 4. The zero-order valence-electron chi connectivity index (χ0n) is 17.7. The number of carboxylic acid groups (broad SMARTS) is 1. The van der Waals surface area contributed by atoms with E-state index in [4.69, 9.17) is 5.11 Å². The van der Waals surface area contributed by atoms with Gasteiger partial charge in [0.15, 0.2) is 11.5 Å². The van der Waals surface area contributed by atoms with Gasteiger partial charge in [-0.1, -0.05) is 36.4 Å². The molecule has 1 saturated carbocycles. The van der Waals surface area contributed by atoms with Crippen LogP contribution in [0.25, 0.3) is 11.1 Å². The molecule has 0 saturated heterocycles. The van der Waals surface area contributed by atoms with E-state index in [1.807, 2.05) is 25.1 Å². The molecule has 0 unspecified atom stereocenters. The van der Waals surface area contributed by atoms with Gasteiger partial charge < -0.3 is 14.6 Å². The predicted molar refractivity (Wildman–Crippen MR) is 116 cm³/mol. The Hall–Kier alpha value is -3.74. The molecule has 0 aromatic heterocycles. The van der Waals surface area contributed by atoms with Gasteiger partial charge in [0.2, 0.25) is 0 Å². The van der Waals surface area contributed by atoms with Crippen molar-refractivity contribution >= 4 is 11.8 Å². The van der Waals surface area contributed by atoms with Crippen LogP contribution < -0.4 is 9.47 Å². The third kappa shape index (κ3) is 3.84. The minimum atomic E-state index is -3.69. The van der Waals surface area contributed by atoms with Crippen molar-refractivity contribution in [2.24, 2.45) is 0 Å². The molecule has 1 N–H and O–H groups in total.